The van der Waals surface area contributed by atoms with Gasteiger partial charge in [-0.25, -0.2) is 0 Å². The molecule has 0 saturated carbocycles. The average Bonchev–Trinajstić information content (AvgIpc) is 0. The van der Waals surface area contributed by atoms with Gasteiger partial charge in [-0.2, -0.15) is 0 Å². The zero-order valence-electron chi connectivity index (χ0n) is 3.35. The minimum absolute atomic E-state index is 0. The molecule has 0 aliphatic rings. The zero-order valence-corrected chi connectivity index (χ0v) is 10.1. The molecule has 0 aliphatic carbocycles. The Morgan fingerprint density at radius 3 is 0.375 bits per heavy atom. The first-order valence-corrected chi connectivity index (χ1v) is 0. The predicted octanol–water partition coefficient (Wildman–Crippen LogP) is -18.0. The van der Waals surface area contributed by atoms with Crippen LogP contribution < -0.4 is 28.2 Å². The van der Waals surface area contributed by atoms with Crippen LogP contribution in [0.3, 0.4) is 0 Å². The molecule has 1 radical (unpaired) electrons. The van der Waals surface area contributed by atoms with Crippen molar-refractivity contribution in [3.05, 3.63) is 0 Å². The Bertz CT molecular complexity index is 8.49. The second-order valence-electron chi connectivity index (χ2n) is 0. The van der Waals surface area contributed by atoms with Gasteiger partial charge in [0.2, 0.25) is 0 Å². The monoisotopic (exact) mass is 393 g/mol. The van der Waals surface area contributed by atoms with Gasteiger partial charge in [-0.1, -0.05) is 0 Å². The van der Waals surface area contributed by atoms with E-state index in [9.17, 15) is 0 Å². The topological polar surface area (TPSA) is 0 Å². The summed E-state index contributed by atoms with van der Waals surface area (Å²) in [6.07, 6.45) is 0. The van der Waals surface area contributed by atoms with Crippen molar-refractivity contribution in [3.8, 4) is 0 Å². The van der Waals surface area contributed by atoms with Crippen molar-refractivity contribution in [3.63, 3.8) is 0 Å². The molecule has 0 aromatic rings. The molecule has 0 N–H and O–H groups in total. The minimum atomic E-state index is 0. The van der Waals surface area contributed by atoms with Crippen LogP contribution in [0.5, 0.6) is 0 Å². The van der Waals surface area contributed by atoms with E-state index in [1.165, 1.54) is 0 Å². The maximum absolute atomic E-state index is 0. The Kier molecular flexibility index (Phi) is 3020. The fourth-order valence-electron chi connectivity index (χ4n) is 0. The van der Waals surface area contributed by atoms with Gasteiger partial charge in [0.1, 0.15) is 0 Å². The summed E-state index contributed by atoms with van der Waals surface area (Å²) in [6.45, 7) is 0. The van der Waals surface area contributed by atoms with Gasteiger partial charge in [0.15, 0.2) is 0 Å². The van der Waals surface area contributed by atoms with E-state index in [1.54, 1.807) is 0 Å². The van der Waals surface area contributed by atoms with Gasteiger partial charge in [-0.15, -0.1) is 0 Å². The molecule has 49 valence electrons. The van der Waals surface area contributed by atoms with Crippen molar-refractivity contribution in [1.29, 1.82) is 0 Å². The second-order valence-corrected chi connectivity index (χ2v) is 0. The fraction of sp³-hybridized carbons (Fsp3) is 0. The third-order valence-electron chi connectivity index (χ3n) is 0. The molecular weight excluding hydrogens is 393 g/mol. The van der Waals surface area contributed by atoms with E-state index in [1.807, 2.05) is 0 Å². The van der Waals surface area contributed by atoms with Gasteiger partial charge in [0.25, 0.3) is 0 Å². The van der Waals surface area contributed by atoms with Crippen molar-refractivity contribution in [2.75, 3.05) is 0 Å². The van der Waals surface area contributed by atoms with Crippen LogP contribution >= 0.6 is 0 Å². The smallest absolute Gasteiger partial charge is 1.00 e. The van der Waals surface area contributed by atoms with E-state index < -0.39 is 0 Å². The molecule has 0 fully saturated rings. The van der Waals surface area contributed by atoms with Crippen LogP contribution in [0.1, 0.15) is 0 Å². The number of rotatable bonds is 0. The first-order chi connectivity index (χ1) is 0. The van der Waals surface area contributed by atoms with Gasteiger partial charge in [-0.3, -0.25) is 0 Å². The Balaban J connectivity index is 0. The molecule has 0 spiro atoms. The summed E-state index contributed by atoms with van der Waals surface area (Å²) in [5.74, 6) is 0. The first-order valence-electron chi connectivity index (χ1n) is 0. The van der Waals surface area contributed by atoms with Crippen LogP contribution in [0, 0.1) is 77.3 Å². The van der Waals surface area contributed by atoms with E-state index in [0.29, 0.717) is 0 Å². The molecule has 0 nitrogen and oxygen atoms in total. The van der Waals surface area contributed by atoms with Crippen LogP contribution in [0.2, 0.25) is 0 Å². The zero-order chi connectivity index (χ0) is 0. The van der Waals surface area contributed by atoms with Gasteiger partial charge in [0, 0.05) is 0 Å². The Morgan fingerprint density at radius 2 is 0.375 bits per heavy atom. The normalized spacial score (nSPS) is 0. The Hall–Kier alpha value is 2.15. The van der Waals surface area contributed by atoms with Crippen LogP contribution in [0.25, 0.3) is 0 Å². The van der Waals surface area contributed by atoms with E-state index in [2.05, 4.69) is 0 Å². The summed E-state index contributed by atoms with van der Waals surface area (Å²) in [7, 11) is 0. The average molecular weight is 393 g/mol. The van der Waals surface area contributed by atoms with Gasteiger partial charge < -0.3 is 28.2 Å². The molecule has 0 aromatic carbocycles. The molecule has 8 heavy (non-hydrogen) atoms. The Labute approximate surface area is 104 Å². The van der Waals surface area contributed by atoms with Crippen molar-refractivity contribution in [2.24, 2.45) is 0 Å². The standard InChI is InChI=1S/Ce.6FH.La/h;6*1H;/q+3;;;;;;;+3/p-6. The molecular formula is CeF6La. The molecule has 0 saturated heterocycles. The Morgan fingerprint density at radius 1 is 0.375 bits per heavy atom. The number of hydrogen-bond donors (Lipinski definition) is 0. The first kappa shape index (κ1) is 184. The molecule has 0 heterocycles. The molecule has 8 heteroatoms. The van der Waals surface area contributed by atoms with Crippen molar-refractivity contribution < 1.29 is 106 Å². The molecule has 0 aliphatic heterocycles. The molecule has 0 atom stereocenters. The number of halogens is 6. The third-order valence-corrected chi connectivity index (χ3v) is 0. The SMILES string of the molecule is [Ce+3].[F-].[F-].[F-].[F-].[F-].[F-].[La+3]. The van der Waals surface area contributed by atoms with Crippen molar-refractivity contribution in [1.82, 2.24) is 0 Å². The molecule has 0 bridgehead atoms. The molecule has 0 amide bonds. The summed E-state index contributed by atoms with van der Waals surface area (Å²) < 4.78 is 0. The third kappa shape index (κ3) is 90.1. The largest absolute Gasteiger partial charge is 3.00 e. The van der Waals surface area contributed by atoms with Crippen LogP contribution in [-0.4, -0.2) is 0 Å². The van der Waals surface area contributed by atoms with E-state index in [0.717, 1.165) is 0 Å². The predicted molar refractivity (Wildman–Crippen MR) is 0 cm³/mol. The van der Waals surface area contributed by atoms with Crippen LogP contribution in [0.4, 0.5) is 0 Å². The van der Waals surface area contributed by atoms with Gasteiger partial charge in [0.05, 0.1) is 0 Å². The summed E-state index contributed by atoms with van der Waals surface area (Å²) in [5.41, 5.74) is 0. The van der Waals surface area contributed by atoms with E-state index in [-0.39, 0.29) is 106 Å². The summed E-state index contributed by atoms with van der Waals surface area (Å²) in [6, 6.07) is 0. The summed E-state index contributed by atoms with van der Waals surface area (Å²) >= 11 is 0. The van der Waals surface area contributed by atoms with Crippen LogP contribution in [-0.2, 0) is 0 Å². The van der Waals surface area contributed by atoms with E-state index >= 15 is 0 Å². The minimum Gasteiger partial charge on any atom is -1.00 e. The molecule has 0 unspecified atom stereocenters. The van der Waals surface area contributed by atoms with Gasteiger partial charge >= 0.3 is 77.3 Å². The van der Waals surface area contributed by atoms with Crippen molar-refractivity contribution >= 4 is 0 Å². The van der Waals surface area contributed by atoms with Crippen molar-refractivity contribution in [2.45, 2.75) is 0 Å². The maximum Gasteiger partial charge on any atom is 3.00 e. The quantitative estimate of drug-likeness (QED) is 0.359. The fourth-order valence-corrected chi connectivity index (χ4v) is 0. The number of hydrogen-bond acceptors (Lipinski definition) is 0. The second kappa shape index (κ2) is 131. The summed E-state index contributed by atoms with van der Waals surface area (Å²) in [4.78, 5) is 0. The maximum atomic E-state index is 0. The molecule has 0 aromatic heterocycles. The van der Waals surface area contributed by atoms with Gasteiger partial charge in [-0.05, 0) is 0 Å². The van der Waals surface area contributed by atoms with E-state index in [4.69, 9.17) is 0 Å². The molecule has 0 rings (SSSR count). The summed E-state index contributed by atoms with van der Waals surface area (Å²) in [5, 5.41) is 0. The van der Waals surface area contributed by atoms with Crippen LogP contribution in [0.15, 0.2) is 0 Å².